The van der Waals surface area contributed by atoms with Gasteiger partial charge in [-0.3, -0.25) is 4.98 Å². The van der Waals surface area contributed by atoms with E-state index in [0.717, 1.165) is 21.8 Å². The number of nitrogens with zero attached hydrogens (tertiary/aromatic N) is 2. The molecule has 0 atom stereocenters. The van der Waals surface area contributed by atoms with Crippen LogP contribution in [0.2, 0.25) is 0 Å². The van der Waals surface area contributed by atoms with Gasteiger partial charge in [0.25, 0.3) is 0 Å². The molecule has 0 saturated carbocycles. The van der Waals surface area contributed by atoms with Gasteiger partial charge in [0.15, 0.2) is 0 Å². The van der Waals surface area contributed by atoms with E-state index in [4.69, 9.17) is 9.72 Å². The largest absolute Gasteiger partial charge is 0.462 e. The van der Waals surface area contributed by atoms with Crippen molar-refractivity contribution in [2.75, 3.05) is 6.61 Å². The van der Waals surface area contributed by atoms with E-state index >= 15 is 0 Å². The van der Waals surface area contributed by atoms with E-state index in [0.29, 0.717) is 17.9 Å². The lowest BCUT2D eigenvalue weighted by atomic mass is 10.1. The number of ether oxygens (including phenoxy) is 1. The molecule has 5 heteroatoms. The first-order valence-corrected chi connectivity index (χ1v) is 8.61. The van der Waals surface area contributed by atoms with E-state index in [9.17, 15) is 4.79 Å². The molecular formula is C19H18N2O2S. The van der Waals surface area contributed by atoms with Crippen molar-refractivity contribution < 1.29 is 9.53 Å². The summed E-state index contributed by atoms with van der Waals surface area (Å²) in [5.41, 5.74) is 4.04. The number of aryl methyl sites for hydroxylation is 1. The monoisotopic (exact) mass is 338 g/mol. The molecule has 4 nitrogen and oxygen atoms in total. The molecular weight excluding hydrogens is 320 g/mol. The van der Waals surface area contributed by atoms with E-state index in [1.807, 2.05) is 19.1 Å². The van der Waals surface area contributed by atoms with Crippen LogP contribution in [-0.4, -0.2) is 22.5 Å². The molecule has 0 fully saturated rings. The minimum atomic E-state index is -0.308. The number of rotatable bonds is 5. The van der Waals surface area contributed by atoms with Gasteiger partial charge < -0.3 is 4.74 Å². The number of thiazole rings is 1. The number of hydrogen-bond acceptors (Lipinski definition) is 5. The van der Waals surface area contributed by atoms with Crippen LogP contribution in [0.25, 0.3) is 10.6 Å². The molecule has 122 valence electrons. The third kappa shape index (κ3) is 3.68. The van der Waals surface area contributed by atoms with Gasteiger partial charge in [-0.2, -0.15) is 0 Å². The number of hydrogen-bond donors (Lipinski definition) is 0. The summed E-state index contributed by atoms with van der Waals surface area (Å²) in [6, 6.07) is 12.0. The summed E-state index contributed by atoms with van der Waals surface area (Å²) in [5, 5.41) is 0.808. The van der Waals surface area contributed by atoms with E-state index in [2.05, 4.69) is 36.2 Å². The first-order chi connectivity index (χ1) is 11.7. The number of carbonyl (C=O) groups is 1. The molecule has 0 aliphatic carbocycles. The Morgan fingerprint density at radius 3 is 2.50 bits per heavy atom. The smallest absolute Gasteiger partial charge is 0.350 e. The number of esters is 1. The summed E-state index contributed by atoms with van der Waals surface area (Å²) in [6.45, 7) is 4.21. The summed E-state index contributed by atoms with van der Waals surface area (Å²) in [5.74, 6) is -0.308. The molecule has 3 rings (SSSR count). The predicted molar refractivity (Wildman–Crippen MR) is 95.3 cm³/mol. The Bertz CT molecular complexity index is 826. The van der Waals surface area contributed by atoms with Crippen LogP contribution in [0.15, 0.2) is 48.8 Å². The van der Waals surface area contributed by atoms with Crippen LogP contribution < -0.4 is 0 Å². The molecule has 0 N–H and O–H groups in total. The first-order valence-electron chi connectivity index (χ1n) is 7.80. The van der Waals surface area contributed by atoms with E-state index in [-0.39, 0.29) is 5.97 Å². The molecule has 2 heterocycles. The lowest BCUT2D eigenvalue weighted by Gasteiger charge is -2.03. The van der Waals surface area contributed by atoms with Crippen molar-refractivity contribution in [1.29, 1.82) is 0 Å². The van der Waals surface area contributed by atoms with Gasteiger partial charge in [-0.25, -0.2) is 9.78 Å². The van der Waals surface area contributed by atoms with Gasteiger partial charge in [-0.1, -0.05) is 29.8 Å². The molecule has 0 aliphatic rings. The summed E-state index contributed by atoms with van der Waals surface area (Å²) in [6.07, 6.45) is 4.05. The van der Waals surface area contributed by atoms with E-state index in [1.165, 1.54) is 16.9 Å². The fraction of sp³-hybridized carbons (Fsp3) is 0.211. The molecule has 0 saturated heterocycles. The Labute approximate surface area is 145 Å². The average molecular weight is 338 g/mol. The summed E-state index contributed by atoms with van der Waals surface area (Å²) < 4.78 is 5.19. The van der Waals surface area contributed by atoms with Crippen molar-refractivity contribution in [2.45, 2.75) is 20.3 Å². The van der Waals surface area contributed by atoms with Crippen LogP contribution >= 0.6 is 11.3 Å². The maximum absolute atomic E-state index is 12.3. The van der Waals surface area contributed by atoms with Gasteiger partial charge in [0.2, 0.25) is 0 Å². The van der Waals surface area contributed by atoms with Crippen molar-refractivity contribution in [3.05, 3.63) is 70.5 Å². The second kappa shape index (κ2) is 7.36. The minimum Gasteiger partial charge on any atom is -0.462 e. The van der Waals surface area contributed by atoms with Gasteiger partial charge in [0.1, 0.15) is 9.88 Å². The Morgan fingerprint density at radius 2 is 1.83 bits per heavy atom. The molecule has 2 aromatic heterocycles. The normalized spacial score (nSPS) is 10.6. The highest BCUT2D eigenvalue weighted by molar-refractivity contribution is 7.17. The number of carbonyl (C=O) groups excluding carboxylic acids is 1. The van der Waals surface area contributed by atoms with Crippen molar-refractivity contribution >= 4 is 17.3 Å². The molecule has 0 spiro atoms. The van der Waals surface area contributed by atoms with Crippen molar-refractivity contribution in [2.24, 2.45) is 0 Å². The minimum absolute atomic E-state index is 0.308. The lowest BCUT2D eigenvalue weighted by Crippen LogP contribution is -2.06. The zero-order valence-electron chi connectivity index (χ0n) is 13.7. The molecule has 1 aromatic carbocycles. The maximum atomic E-state index is 12.3. The summed E-state index contributed by atoms with van der Waals surface area (Å²) >= 11 is 1.37. The van der Waals surface area contributed by atoms with Gasteiger partial charge >= 0.3 is 5.97 Å². The van der Waals surface area contributed by atoms with Crippen molar-refractivity contribution in [3.63, 3.8) is 0 Å². The fourth-order valence-corrected chi connectivity index (χ4v) is 3.33. The molecule has 0 unspecified atom stereocenters. The van der Waals surface area contributed by atoms with E-state index < -0.39 is 0 Å². The van der Waals surface area contributed by atoms with Gasteiger partial charge in [0, 0.05) is 24.4 Å². The first kappa shape index (κ1) is 16.3. The molecule has 0 bridgehead atoms. The Kier molecular flexibility index (Phi) is 5.01. The Morgan fingerprint density at radius 1 is 1.12 bits per heavy atom. The number of benzene rings is 1. The molecule has 0 aliphatic heterocycles. The highest BCUT2D eigenvalue weighted by Gasteiger charge is 2.20. The Hall–Kier alpha value is -2.53. The molecule has 3 aromatic rings. The second-order valence-electron chi connectivity index (χ2n) is 5.41. The lowest BCUT2D eigenvalue weighted by molar-refractivity contribution is 0.0530. The third-order valence-corrected chi connectivity index (χ3v) is 4.70. The zero-order chi connectivity index (χ0) is 16.9. The van der Waals surface area contributed by atoms with Crippen molar-refractivity contribution in [3.8, 4) is 10.6 Å². The predicted octanol–water partition coefficient (Wildman–Crippen LogP) is 4.28. The van der Waals surface area contributed by atoms with Crippen molar-refractivity contribution in [1.82, 2.24) is 9.97 Å². The second-order valence-corrected chi connectivity index (χ2v) is 6.41. The molecule has 0 radical (unpaired) electrons. The summed E-state index contributed by atoms with van der Waals surface area (Å²) in [7, 11) is 0. The molecule has 24 heavy (non-hydrogen) atoms. The average Bonchev–Trinajstić information content (AvgIpc) is 3.02. The number of aromatic nitrogens is 2. The topological polar surface area (TPSA) is 52.1 Å². The fourth-order valence-electron chi connectivity index (χ4n) is 2.34. The standard InChI is InChI=1S/C19H18N2O2S/c1-3-23-19(22)17-16(12-14-6-4-13(2)5-7-14)21-18(24-17)15-8-10-20-11-9-15/h4-11H,3,12H2,1-2H3. The van der Waals surface area contributed by atoms with Crippen LogP contribution in [0.4, 0.5) is 0 Å². The van der Waals surface area contributed by atoms with Crippen LogP contribution in [0.3, 0.4) is 0 Å². The SMILES string of the molecule is CCOC(=O)c1sc(-c2ccncc2)nc1Cc1ccc(C)cc1. The number of pyridine rings is 1. The van der Waals surface area contributed by atoms with Crippen LogP contribution in [0.1, 0.15) is 33.4 Å². The van der Waals surface area contributed by atoms with Crippen LogP contribution in [-0.2, 0) is 11.2 Å². The Balaban J connectivity index is 1.97. The van der Waals surface area contributed by atoms with Gasteiger partial charge in [-0.15, -0.1) is 11.3 Å². The van der Waals surface area contributed by atoms with Crippen LogP contribution in [0, 0.1) is 6.92 Å². The summed E-state index contributed by atoms with van der Waals surface area (Å²) in [4.78, 5) is 21.6. The maximum Gasteiger partial charge on any atom is 0.350 e. The van der Waals surface area contributed by atoms with E-state index in [1.54, 1.807) is 12.4 Å². The molecule has 0 amide bonds. The van der Waals surface area contributed by atoms with Gasteiger partial charge in [0.05, 0.1) is 12.3 Å². The third-order valence-electron chi connectivity index (χ3n) is 3.58. The highest BCUT2D eigenvalue weighted by Crippen LogP contribution is 2.29. The van der Waals surface area contributed by atoms with Crippen LogP contribution in [0.5, 0.6) is 0 Å². The zero-order valence-corrected chi connectivity index (χ0v) is 14.5. The quantitative estimate of drug-likeness (QED) is 0.652. The highest BCUT2D eigenvalue weighted by atomic mass is 32.1. The van der Waals surface area contributed by atoms with Gasteiger partial charge in [-0.05, 0) is 31.5 Å².